The summed E-state index contributed by atoms with van der Waals surface area (Å²) in [7, 11) is 0. The van der Waals surface area contributed by atoms with Gasteiger partial charge in [0, 0.05) is 38.0 Å². The molecule has 2 saturated heterocycles. The van der Waals surface area contributed by atoms with E-state index in [9.17, 15) is 9.59 Å². The van der Waals surface area contributed by atoms with Gasteiger partial charge in [-0.1, -0.05) is 25.6 Å². The number of ether oxygens (including phenoxy) is 1. The zero-order chi connectivity index (χ0) is 15.9. The average molecular weight is 329 g/mol. The predicted molar refractivity (Wildman–Crippen MR) is 88.1 cm³/mol. The van der Waals surface area contributed by atoms with Crippen molar-refractivity contribution in [1.29, 1.82) is 0 Å². The van der Waals surface area contributed by atoms with E-state index >= 15 is 0 Å². The summed E-state index contributed by atoms with van der Waals surface area (Å²) in [6.45, 7) is 9.29. The lowest BCUT2D eigenvalue weighted by atomic mass is 10.0. The van der Waals surface area contributed by atoms with Crippen molar-refractivity contribution in [2.45, 2.75) is 26.3 Å². The second-order valence-corrected chi connectivity index (χ2v) is 7.32. The summed E-state index contributed by atoms with van der Waals surface area (Å²) in [6.07, 6.45) is 1.05. The van der Waals surface area contributed by atoms with Crippen LogP contribution in [0.1, 0.15) is 20.3 Å². The Balaban J connectivity index is 1.79. The lowest BCUT2D eigenvalue weighted by molar-refractivity contribution is -0.121. The highest BCUT2D eigenvalue weighted by Crippen LogP contribution is 2.16. The van der Waals surface area contributed by atoms with Crippen LogP contribution in [0.3, 0.4) is 0 Å². The number of nitrogens with zero attached hydrogens (tertiary/aromatic N) is 2. The van der Waals surface area contributed by atoms with E-state index in [0.717, 1.165) is 38.5 Å². The molecule has 0 aliphatic carbocycles. The van der Waals surface area contributed by atoms with Gasteiger partial charge in [-0.15, -0.1) is 0 Å². The molecule has 0 spiro atoms. The minimum absolute atomic E-state index is 0.0158. The Hall–Kier alpha value is -0.790. The molecule has 1 N–H and O–H groups in total. The van der Waals surface area contributed by atoms with Crippen LogP contribution in [0.4, 0.5) is 4.79 Å². The molecule has 2 rings (SSSR count). The summed E-state index contributed by atoms with van der Waals surface area (Å²) in [5, 5.41) is 3.02. The molecular weight excluding hydrogens is 302 g/mol. The van der Waals surface area contributed by atoms with Gasteiger partial charge in [-0.2, -0.15) is 0 Å². The van der Waals surface area contributed by atoms with Crippen LogP contribution in [0.5, 0.6) is 0 Å². The van der Waals surface area contributed by atoms with Gasteiger partial charge in [-0.25, -0.2) is 0 Å². The molecule has 0 saturated carbocycles. The minimum Gasteiger partial charge on any atom is -0.379 e. The summed E-state index contributed by atoms with van der Waals surface area (Å²) in [5.74, 6) is 1.31. The molecule has 2 aliphatic heterocycles. The quantitative estimate of drug-likeness (QED) is 0.755. The standard InChI is InChI=1S/C15H27N3O3S/c1-12(2)9-13(17-3-6-21-7-4-17)10-16-14(19)11-18-5-8-22-15(18)20/h12-13H,3-11H2,1-2H3,(H,16,19)/t13-/m0/s1. The lowest BCUT2D eigenvalue weighted by Gasteiger charge is -2.35. The molecular formula is C15H27N3O3S. The van der Waals surface area contributed by atoms with E-state index in [1.165, 1.54) is 11.8 Å². The first kappa shape index (κ1) is 17.6. The zero-order valence-corrected chi connectivity index (χ0v) is 14.4. The normalized spacial score (nSPS) is 21.4. The Kier molecular flexibility index (Phi) is 6.98. The van der Waals surface area contributed by atoms with E-state index in [0.29, 0.717) is 25.0 Å². The van der Waals surface area contributed by atoms with Crippen LogP contribution in [0.15, 0.2) is 0 Å². The first-order chi connectivity index (χ1) is 10.6. The number of amides is 2. The first-order valence-corrected chi connectivity index (χ1v) is 9.05. The van der Waals surface area contributed by atoms with Crippen LogP contribution >= 0.6 is 11.8 Å². The highest BCUT2D eigenvalue weighted by molar-refractivity contribution is 8.13. The predicted octanol–water partition coefficient (Wildman–Crippen LogP) is 1.02. The third-order valence-corrected chi connectivity index (χ3v) is 4.91. The Morgan fingerprint density at radius 2 is 2.05 bits per heavy atom. The van der Waals surface area contributed by atoms with Crippen molar-refractivity contribution >= 4 is 22.9 Å². The monoisotopic (exact) mass is 329 g/mol. The molecule has 0 aromatic heterocycles. The van der Waals surface area contributed by atoms with E-state index in [1.807, 2.05) is 0 Å². The Morgan fingerprint density at radius 3 is 2.64 bits per heavy atom. The van der Waals surface area contributed by atoms with Gasteiger partial charge in [0.25, 0.3) is 5.24 Å². The fourth-order valence-electron chi connectivity index (χ4n) is 2.88. The fourth-order valence-corrected chi connectivity index (χ4v) is 3.70. The Morgan fingerprint density at radius 1 is 1.32 bits per heavy atom. The van der Waals surface area contributed by atoms with Gasteiger partial charge >= 0.3 is 0 Å². The van der Waals surface area contributed by atoms with Crippen LogP contribution in [0.25, 0.3) is 0 Å². The third kappa shape index (κ3) is 5.44. The maximum Gasteiger partial charge on any atom is 0.282 e. The summed E-state index contributed by atoms with van der Waals surface area (Å²) < 4.78 is 5.41. The van der Waals surface area contributed by atoms with Crippen molar-refractivity contribution in [2.24, 2.45) is 5.92 Å². The molecule has 6 nitrogen and oxygen atoms in total. The number of rotatable bonds is 7. The van der Waals surface area contributed by atoms with Crippen LogP contribution < -0.4 is 5.32 Å². The Bertz CT molecular complexity index is 386. The Labute approximate surface area is 136 Å². The van der Waals surface area contributed by atoms with E-state index in [2.05, 4.69) is 24.1 Å². The van der Waals surface area contributed by atoms with E-state index in [-0.39, 0.29) is 17.7 Å². The number of carbonyl (C=O) groups is 2. The molecule has 0 aromatic carbocycles. The molecule has 7 heteroatoms. The summed E-state index contributed by atoms with van der Waals surface area (Å²) in [5.41, 5.74) is 0. The van der Waals surface area contributed by atoms with Crippen molar-refractivity contribution < 1.29 is 14.3 Å². The molecule has 1 atom stereocenters. The number of hydrogen-bond donors (Lipinski definition) is 1. The smallest absolute Gasteiger partial charge is 0.282 e. The van der Waals surface area contributed by atoms with Gasteiger partial charge in [0.05, 0.1) is 13.2 Å². The average Bonchev–Trinajstić information content (AvgIpc) is 2.89. The number of nitrogens with one attached hydrogen (secondary N) is 1. The van der Waals surface area contributed by atoms with Crippen molar-refractivity contribution in [3.8, 4) is 0 Å². The number of hydrogen-bond acceptors (Lipinski definition) is 5. The van der Waals surface area contributed by atoms with Crippen molar-refractivity contribution in [1.82, 2.24) is 15.1 Å². The van der Waals surface area contributed by atoms with E-state index in [1.54, 1.807) is 4.90 Å². The lowest BCUT2D eigenvalue weighted by Crippen LogP contribution is -2.50. The SMILES string of the molecule is CC(C)C[C@@H](CNC(=O)CN1CCSC1=O)N1CCOCC1. The van der Waals surface area contributed by atoms with Crippen molar-refractivity contribution in [2.75, 3.05) is 51.7 Å². The molecule has 2 amide bonds. The van der Waals surface area contributed by atoms with Gasteiger partial charge in [0.1, 0.15) is 6.54 Å². The van der Waals surface area contributed by atoms with Gasteiger partial charge in [-0.3, -0.25) is 14.5 Å². The van der Waals surface area contributed by atoms with Crippen molar-refractivity contribution in [3.63, 3.8) is 0 Å². The van der Waals surface area contributed by atoms with Gasteiger partial charge < -0.3 is 15.0 Å². The van der Waals surface area contributed by atoms with E-state index < -0.39 is 0 Å². The summed E-state index contributed by atoms with van der Waals surface area (Å²) in [4.78, 5) is 27.6. The number of morpholine rings is 1. The molecule has 126 valence electrons. The molecule has 0 bridgehead atoms. The zero-order valence-electron chi connectivity index (χ0n) is 13.5. The minimum atomic E-state index is -0.0575. The number of thioether (sulfide) groups is 1. The maximum absolute atomic E-state index is 12.1. The molecule has 2 aliphatic rings. The van der Waals surface area contributed by atoms with Crippen molar-refractivity contribution in [3.05, 3.63) is 0 Å². The second-order valence-electron chi connectivity index (χ2n) is 6.27. The van der Waals surface area contributed by atoms with E-state index in [4.69, 9.17) is 4.74 Å². The topological polar surface area (TPSA) is 61.9 Å². The number of carbonyl (C=O) groups excluding carboxylic acids is 2. The molecule has 2 heterocycles. The van der Waals surface area contributed by atoms with Crippen LogP contribution in [-0.2, 0) is 9.53 Å². The van der Waals surface area contributed by atoms with Crippen LogP contribution in [-0.4, -0.2) is 78.7 Å². The molecule has 0 unspecified atom stereocenters. The van der Waals surface area contributed by atoms with Gasteiger partial charge in [-0.05, 0) is 12.3 Å². The highest BCUT2D eigenvalue weighted by atomic mass is 32.2. The van der Waals surface area contributed by atoms with Crippen LogP contribution in [0, 0.1) is 5.92 Å². The first-order valence-electron chi connectivity index (χ1n) is 8.06. The molecule has 0 radical (unpaired) electrons. The largest absolute Gasteiger partial charge is 0.379 e. The fraction of sp³-hybridized carbons (Fsp3) is 0.867. The summed E-state index contributed by atoms with van der Waals surface area (Å²) >= 11 is 1.29. The van der Waals surface area contributed by atoms with Gasteiger partial charge in [0.2, 0.25) is 5.91 Å². The molecule has 2 fully saturated rings. The summed E-state index contributed by atoms with van der Waals surface area (Å²) in [6, 6.07) is 0.344. The second kappa shape index (κ2) is 8.74. The molecule has 0 aromatic rings. The van der Waals surface area contributed by atoms with Crippen LogP contribution in [0.2, 0.25) is 0 Å². The van der Waals surface area contributed by atoms with Gasteiger partial charge in [0.15, 0.2) is 0 Å². The molecule has 22 heavy (non-hydrogen) atoms. The highest BCUT2D eigenvalue weighted by Gasteiger charge is 2.25. The third-order valence-electron chi connectivity index (χ3n) is 4.02. The maximum atomic E-state index is 12.1.